The van der Waals surface area contributed by atoms with Gasteiger partial charge in [0.1, 0.15) is 5.41 Å². The zero-order valence-corrected chi connectivity index (χ0v) is 23.1. The fraction of sp³-hybridized carbons (Fsp3) is 0.828. The highest BCUT2D eigenvalue weighted by molar-refractivity contribution is 5.92. The fourth-order valence-electron chi connectivity index (χ4n) is 5.53. The Kier molecular flexibility index (Phi) is 14.1. The number of unbranched alkanes of at least 4 members (excludes halogenated alkanes) is 6. The van der Waals surface area contributed by atoms with Crippen molar-refractivity contribution in [3.8, 4) is 0 Å². The first-order chi connectivity index (χ1) is 17.5. The lowest BCUT2D eigenvalue weighted by atomic mass is 9.69. The Morgan fingerprint density at radius 2 is 1.75 bits per heavy atom. The van der Waals surface area contributed by atoms with Gasteiger partial charge in [0.05, 0.1) is 7.11 Å². The quantitative estimate of drug-likeness (QED) is 0.207. The molecule has 7 heteroatoms. The van der Waals surface area contributed by atoms with Crippen LogP contribution >= 0.6 is 0 Å². The first-order valence-electron chi connectivity index (χ1n) is 14.4. The zero-order chi connectivity index (χ0) is 26.2. The van der Waals surface area contributed by atoms with Gasteiger partial charge in [0.15, 0.2) is 0 Å². The molecular weight excluding hydrogens is 456 g/mol. The van der Waals surface area contributed by atoms with Crippen molar-refractivity contribution in [1.29, 1.82) is 0 Å². The summed E-state index contributed by atoms with van der Waals surface area (Å²) in [5.74, 6) is -0.942. The van der Waals surface area contributed by atoms with Gasteiger partial charge in [-0.05, 0) is 44.9 Å². The number of ether oxygens (including phenoxy) is 2. The number of fused-ring (bicyclic) bond motifs is 1. The molecule has 1 aliphatic carbocycles. The molecule has 0 saturated carbocycles. The minimum atomic E-state index is -0.834. The molecule has 2 aliphatic rings. The zero-order valence-electron chi connectivity index (χ0n) is 23.1. The van der Waals surface area contributed by atoms with Crippen molar-refractivity contribution < 1.29 is 23.9 Å². The van der Waals surface area contributed by atoms with E-state index >= 15 is 0 Å². The van der Waals surface area contributed by atoms with Gasteiger partial charge in [-0.2, -0.15) is 0 Å². The summed E-state index contributed by atoms with van der Waals surface area (Å²) in [7, 11) is 1.43. The predicted molar refractivity (Wildman–Crippen MR) is 142 cm³/mol. The lowest BCUT2D eigenvalue weighted by Gasteiger charge is -2.46. The molecule has 1 fully saturated rings. The van der Waals surface area contributed by atoms with Crippen molar-refractivity contribution in [2.45, 2.75) is 110 Å². The maximum absolute atomic E-state index is 13.7. The lowest BCUT2D eigenvalue weighted by Crippen LogP contribution is -2.53. The first kappa shape index (κ1) is 30.3. The lowest BCUT2D eigenvalue weighted by molar-refractivity contribution is -0.159. The number of allylic oxidation sites excluding steroid dienone is 1. The molecule has 206 valence electrons. The number of esters is 1. The number of nitrogens with one attached hydrogen (secondary N) is 1. The van der Waals surface area contributed by atoms with Crippen LogP contribution in [0.2, 0.25) is 0 Å². The van der Waals surface area contributed by atoms with E-state index in [0.717, 1.165) is 70.1 Å². The van der Waals surface area contributed by atoms with Gasteiger partial charge in [0, 0.05) is 44.3 Å². The molecule has 0 aromatic heterocycles. The molecule has 1 N–H and O–H groups in total. The maximum atomic E-state index is 13.7. The average molecular weight is 507 g/mol. The van der Waals surface area contributed by atoms with Crippen LogP contribution in [0.1, 0.15) is 110 Å². The Labute approximate surface area is 218 Å². The summed E-state index contributed by atoms with van der Waals surface area (Å²) in [6, 6.07) is 0. The molecular formula is C29H50N2O5. The molecule has 0 spiro atoms. The summed E-state index contributed by atoms with van der Waals surface area (Å²) in [5, 5.41) is 2.95. The van der Waals surface area contributed by atoms with Gasteiger partial charge in [-0.1, -0.05) is 64.9 Å². The van der Waals surface area contributed by atoms with Crippen LogP contribution in [0.25, 0.3) is 0 Å². The maximum Gasteiger partial charge on any atom is 0.317 e. The van der Waals surface area contributed by atoms with E-state index in [2.05, 4.69) is 25.2 Å². The number of nitrogens with zero attached hydrogens (tertiary/aromatic N) is 1. The molecule has 2 amide bonds. The van der Waals surface area contributed by atoms with Crippen LogP contribution < -0.4 is 5.32 Å². The minimum absolute atomic E-state index is 0.0192. The molecule has 1 aliphatic heterocycles. The fourth-order valence-corrected chi connectivity index (χ4v) is 5.53. The Bertz CT molecular complexity index is 722. The number of hydrogen-bond donors (Lipinski definition) is 1. The summed E-state index contributed by atoms with van der Waals surface area (Å²) >= 11 is 0. The number of piperidine rings is 1. The molecule has 1 saturated heterocycles. The highest BCUT2D eigenvalue weighted by atomic mass is 16.5. The Morgan fingerprint density at radius 3 is 2.50 bits per heavy atom. The van der Waals surface area contributed by atoms with Crippen molar-refractivity contribution in [1.82, 2.24) is 10.2 Å². The molecule has 0 unspecified atom stereocenters. The molecule has 7 nitrogen and oxygen atoms in total. The smallest absolute Gasteiger partial charge is 0.317 e. The van der Waals surface area contributed by atoms with E-state index in [1.54, 1.807) is 0 Å². The van der Waals surface area contributed by atoms with E-state index in [1.807, 2.05) is 4.90 Å². The molecule has 36 heavy (non-hydrogen) atoms. The van der Waals surface area contributed by atoms with Crippen LogP contribution in [0.5, 0.6) is 0 Å². The molecule has 2 rings (SSSR count). The molecule has 0 aromatic carbocycles. The van der Waals surface area contributed by atoms with Gasteiger partial charge in [-0.3, -0.25) is 14.4 Å². The third-order valence-electron chi connectivity index (χ3n) is 7.56. The van der Waals surface area contributed by atoms with E-state index < -0.39 is 11.3 Å². The Balaban J connectivity index is 2.06. The summed E-state index contributed by atoms with van der Waals surface area (Å²) in [5.41, 5.74) is -0.00862. The van der Waals surface area contributed by atoms with Gasteiger partial charge in [0.2, 0.25) is 11.8 Å². The molecule has 2 atom stereocenters. The van der Waals surface area contributed by atoms with Gasteiger partial charge in [0.25, 0.3) is 0 Å². The van der Waals surface area contributed by atoms with Crippen molar-refractivity contribution >= 4 is 17.8 Å². The molecule has 0 bridgehead atoms. The first-order valence-corrected chi connectivity index (χ1v) is 14.4. The summed E-state index contributed by atoms with van der Waals surface area (Å²) in [6.45, 7) is 6.83. The number of carbonyl (C=O) groups is 3. The summed E-state index contributed by atoms with van der Waals surface area (Å²) in [6.07, 6.45) is 15.7. The topological polar surface area (TPSA) is 84.9 Å². The second-order valence-electron chi connectivity index (χ2n) is 10.4. The summed E-state index contributed by atoms with van der Waals surface area (Å²) in [4.78, 5) is 41.5. The minimum Gasteiger partial charge on any atom is -0.468 e. The van der Waals surface area contributed by atoms with Gasteiger partial charge < -0.3 is 19.7 Å². The monoisotopic (exact) mass is 506 g/mol. The highest BCUT2D eigenvalue weighted by Crippen LogP contribution is 2.49. The summed E-state index contributed by atoms with van der Waals surface area (Å²) < 4.78 is 10.9. The van der Waals surface area contributed by atoms with Crippen LogP contribution in [0, 0.1) is 11.3 Å². The second-order valence-corrected chi connectivity index (χ2v) is 10.4. The van der Waals surface area contributed by atoms with Crippen LogP contribution in [-0.4, -0.2) is 56.1 Å². The number of methoxy groups -OCH3 is 1. The highest BCUT2D eigenvalue weighted by Gasteiger charge is 2.53. The van der Waals surface area contributed by atoms with E-state index in [-0.39, 0.29) is 24.2 Å². The van der Waals surface area contributed by atoms with Crippen molar-refractivity contribution in [3.05, 3.63) is 11.8 Å². The van der Waals surface area contributed by atoms with Gasteiger partial charge in [-0.25, -0.2) is 0 Å². The SMILES string of the molecule is CCCCCCCCN1C(=O)[C@H](CC(=O)NCCCOCCCC)C[C@@]2(C(=O)OC)CCCCC=C12. The van der Waals surface area contributed by atoms with Crippen LogP contribution in [0.15, 0.2) is 11.8 Å². The molecule has 0 aromatic rings. The van der Waals surface area contributed by atoms with Crippen LogP contribution in [0.4, 0.5) is 0 Å². The third-order valence-corrected chi connectivity index (χ3v) is 7.56. The van der Waals surface area contributed by atoms with Gasteiger partial charge in [-0.15, -0.1) is 0 Å². The third kappa shape index (κ3) is 8.89. The van der Waals surface area contributed by atoms with Gasteiger partial charge >= 0.3 is 5.97 Å². The van der Waals surface area contributed by atoms with Crippen molar-refractivity contribution in [2.24, 2.45) is 11.3 Å². The van der Waals surface area contributed by atoms with E-state index in [9.17, 15) is 14.4 Å². The number of likely N-dealkylation sites (tertiary alicyclic amines) is 1. The Hall–Kier alpha value is -1.89. The predicted octanol–water partition coefficient (Wildman–Crippen LogP) is 5.53. The average Bonchev–Trinajstić information content (AvgIpc) is 3.10. The number of hydrogen-bond acceptors (Lipinski definition) is 5. The standard InChI is InChI=1S/C29H50N2O5/c1-4-6-8-9-10-14-19-31-25-16-12-11-13-17-29(25,28(34)35-3)23-24(27(31)33)22-26(32)30-18-15-21-36-20-7-5-2/h16,24H,4-15,17-23H2,1-3H3,(H,30,32)/t24-,29+/m1/s1. The Morgan fingerprint density at radius 1 is 1.03 bits per heavy atom. The molecule has 0 radical (unpaired) electrons. The largest absolute Gasteiger partial charge is 0.468 e. The molecule has 1 heterocycles. The van der Waals surface area contributed by atoms with Crippen molar-refractivity contribution in [2.75, 3.05) is 33.4 Å². The van der Waals surface area contributed by atoms with Crippen LogP contribution in [0.3, 0.4) is 0 Å². The van der Waals surface area contributed by atoms with E-state index in [4.69, 9.17) is 9.47 Å². The number of rotatable bonds is 17. The van der Waals surface area contributed by atoms with E-state index in [0.29, 0.717) is 32.5 Å². The second kappa shape index (κ2) is 16.8. The normalized spacial score (nSPS) is 22.0. The van der Waals surface area contributed by atoms with Crippen LogP contribution in [-0.2, 0) is 23.9 Å². The van der Waals surface area contributed by atoms with E-state index in [1.165, 1.54) is 26.4 Å². The number of amides is 2. The van der Waals surface area contributed by atoms with Crippen molar-refractivity contribution in [3.63, 3.8) is 0 Å². The number of carbonyl (C=O) groups excluding carboxylic acids is 3.